The molecule has 1 rings (SSSR count). The van der Waals surface area contributed by atoms with Gasteiger partial charge in [-0.25, -0.2) is 0 Å². The average Bonchev–Trinajstić information content (AvgIpc) is 2.36. The Hall–Kier alpha value is -1.71. The fourth-order valence-corrected chi connectivity index (χ4v) is 1.61. The molecule has 0 heterocycles. The Morgan fingerprint density at radius 2 is 2.17 bits per heavy atom. The Morgan fingerprint density at radius 3 is 2.78 bits per heavy atom. The standard InChI is InChI=1S/C14H21NO3/c1-3-5-9-18-14(17)11-15(4-2)12-7-6-8-13(16)10-12/h6-8,10,16H,3-5,9,11H2,1-2H3. The van der Waals surface area contributed by atoms with E-state index in [1.807, 2.05) is 17.9 Å². The molecule has 0 radical (unpaired) electrons. The summed E-state index contributed by atoms with van der Waals surface area (Å²) in [4.78, 5) is 13.5. The van der Waals surface area contributed by atoms with Crippen molar-refractivity contribution in [2.24, 2.45) is 0 Å². The number of rotatable bonds is 7. The molecule has 4 heteroatoms. The van der Waals surface area contributed by atoms with E-state index in [-0.39, 0.29) is 18.3 Å². The number of ether oxygens (including phenoxy) is 1. The molecule has 1 aromatic rings. The van der Waals surface area contributed by atoms with Crippen LogP contribution in [0.2, 0.25) is 0 Å². The Kier molecular flexibility index (Phi) is 6.05. The van der Waals surface area contributed by atoms with E-state index in [9.17, 15) is 9.90 Å². The zero-order valence-electron chi connectivity index (χ0n) is 11.1. The second kappa shape index (κ2) is 7.58. The maximum Gasteiger partial charge on any atom is 0.325 e. The van der Waals surface area contributed by atoms with Crippen LogP contribution >= 0.6 is 0 Å². The van der Waals surface area contributed by atoms with E-state index >= 15 is 0 Å². The molecule has 0 saturated heterocycles. The number of esters is 1. The summed E-state index contributed by atoms with van der Waals surface area (Å²) >= 11 is 0. The van der Waals surface area contributed by atoms with Crippen molar-refractivity contribution < 1.29 is 14.6 Å². The molecule has 0 saturated carbocycles. The van der Waals surface area contributed by atoms with Gasteiger partial charge in [0.25, 0.3) is 0 Å². The van der Waals surface area contributed by atoms with Gasteiger partial charge in [-0.2, -0.15) is 0 Å². The first-order chi connectivity index (χ1) is 8.67. The van der Waals surface area contributed by atoms with E-state index in [2.05, 4.69) is 6.92 Å². The van der Waals surface area contributed by atoms with Gasteiger partial charge in [0.1, 0.15) is 12.3 Å². The van der Waals surface area contributed by atoms with E-state index in [0.717, 1.165) is 18.5 Å². The summed E-state index contributed by atoms with van der Waals surface area (Å²) < 4.78 is 5.12. The Balaban J connectivity index is 2.54. The molecule has 4 nitrogen and oxygen atoms in total. The van der Waals surface area contributed by atoms with Gasteiger partial charge in [0.2, 0.25) is 0 Å². The third kappa shape index (κ3) is 4.65. The van der Waals surface area contributed by atoms with Crippen molar-refractivity contribution in [1.82, 2.24) is 0 Å². The van der Waals surface area contributed by atoms with E-state index in [0.29, 0.717) is 13.2 Å². The van der Waals surface area contributed by atoms with Crippen molar-refractivity contribution >= 4 is 11.7 Å². The number of aromatic hydroxyl groups is 1. The molecule has 0 spiro atoms. The highest BCUT2D eigenvalue weighted by atomic mass is 16.5. The normalized spacial score (nSPS) is 10.1. The van der Waals surface area contributed by atoms with Crippen LogP contribution < -0.4 is 4.90 Å². The molecule has 0 aliphatic heterocycles. The number of benzene rings is 1. The predicted molar refractivity (Wildman–Crippen MR) is 71.9 cm³/mol. The number of nitrogens with zero attached hydrogens (tertiary/aromatic N) is 1. The van der Waals surface area contributed by atoms with Crippen LogP contribution in [0.25, 0.3) is 0 Å². The molecule has 1 aromatic carbocycles. The summed E-state index contributed by atoms with van der Waals surface area (Å²) in [6.07, 6.45) is 1.90. The molecule has 0 aliphatic carbocycles. The van der Waals surface area contributed by atoms with E-state index in [1.165, 1.54) is 0 Å². The molecule has 100 valence electrons. The molecule has 0 fully saturated rings. The number of phenols is 1. The lowest BCUT2D eigenvalue weighted by Gasteiger charge is -2.22. The van der Waals surface area contributed by atoms with Crippen LogP contribution in [0.5, 0.6) is 5.75 Å². The van der Waals surface area contributed by atoms with E-state index in [1.54, 1.807) is 18.2 Å². The minimum Gasteiger partial charge on any atom is -0.508 e. The van der Waals surface area contributed by atoms with Crippen molar-refractivity contribution in [2.45, 2.75) is 26.7 Å². The number of carbonyl (C=O) groups is 1. The van der Waals surface area contributed by atoms with Crippen molar-refractivity contribution in [2.75, 3.05) is 24.6 Å². The Bertz CT molecular complexity index is 379. The molecule has 18 heavy (non-hydrogen) atoms. The average molecular weight is 251 g/mol. The fourth-order valence-electron chi connectivity index (χ4n) is 1.61. The highest BCUT2D eigenvalue weighted by Crippen LogP contribution is 2.19. The van der Waals surface area contributed by atoms with Crippen molar-refractivity contribution in [3.8, 4) is 5.75 Å². The van der Waals surface area contributed by atoms with E-state index < -0.39 is 0 Å². The number of unbranched alkanes of at least 4 members (excludes halogenated alkanes) is 1. The lowest BCUT2D eigenvalue weighted by Crippen LogP contribution is -2.30. The minimum absolute atomic E-state index is 0.199. The summed E-state index contributed by atoms with van der Waals surface area (Å²) in [6, 6.07) is 6.87. The molecular weight excluding hydrogens is 230 g/mol. The lowest BCUT2D eigenvalue weighted by molar-refractivity contribution is -0.142. The highest BCUT2D eigenvalue weighted by Gasteiger charge is 2.11. The Morgan fingerprint density at radius 1 is 1.39 bits per heavy atom. The fraction of sp³-hybridized carbons (Fsp3) is 0.500. The van der Waals surface area contributed by atoms with Crippen LogP contribution in [0.3, 0.4) is 0 Å². The van der Waals surface area contributed by atoms with Gasteiger partial charge in [0, 0.05) is 18.3 Å². The highest BCUT2D eigenvalue weighted by molar-refractivity contribution is 5.76. The van der Waals surface area contributed by atoms with Crippen molar-refractivity contribution in [3.63, 3.8) is 0 Å². The SMILES string of the molecule is CCCCOC(=O)CN(CC)c1cccc(O)c1. The van der Waals surface area contributed by atoms with Crippen molar-refractivity contribution in [3.05, 3.63) is 24.3 Å². The molecule has 0 atom stereocenters. The number of hydrogen-bond acceptors (Lipinski definition) is 4. The first kappa shape index (κ1) is 14.4. The molecule has 0 bridgehead atoms. The van der Waals surface area contributed by atoms with Gasteiger partial charge in [-0.3, -0.25) is 4.79 Å². The van der Waals surface area contributed by atoms with Gasteiger partial charge in [0.15, 0.2) is 0 Å². The van der Waals surface area contributed by atoms with Crippen LogP contribution in [0.1, 0.15) is 26.7 Å². The summed E-state index contributed by atoms with van der Waals surface area (Å²) in [7, 11) is 0. The predicted octanol–water partition coefficient (Wildman–Crippen LogP) is 2.56. The van der Waals surface area contributed by atoms with Gasteiger partial charge in [-0.1, -0.05) is 19.4 Å². The van der Waals surface area contributed by atoms with Crippen LogP contribution in [0.4, 0.5) is 5.69 Å². The maximum absolute atomic E-state index is 11.6. The smallest absolute Gasteiger partial charge is 0.325 e. The molecule has 1 N–H and O–H groups in total. The third-order valence-corrected chi connectivity index (χ3v) is 2.66. The number of phenolic OH excluding ortho intramolecular Hbond substituents is 1. The summed E-state index contributed by atoms with van der Waals surface area (Å²) in [6.45, 7) is 5.39. The zero-order valence-corrected chi connectivity index (χ0v) is 11.1. The number of anilines is 1. The zero-order chi connectivity index (χ0) is 13.4. The van der Waals surface area contributed by atoms with Gasteiger partial charge in [-0.15, -0.1) is 0 Å². The number of carbonyl (C=O) groups excluding carboxylic acids is 1. The van der Waals surface area contributed by atoms with E-state index in [4.69, 9.17) is 4.74 Å². The van der Waals surface area contributed by atoms with Crippen LogP contribution in [-0.2, 0) is 9.53 Å². The number of likely N-dealkylation sites (N-methyl/N-ethyl adjacent to an activating group) is 1. The minimum atomic E-state index is -0.228. The van der Waals surface area contributed by atoms with Crippen LogP contribution in [0.15, 0.2) is 24.3 Å². The Labute approximate surface area is 108 Å². The maximum atomic E-state index is 11.6. The lowest BCUT2D eigenvalue weighted by atomic mass is 10.2. The van der Waals surface area contributed by atoms with Crippen molar-refractivity contribution in [1.29, 1.82) is 0 Å². The first-order valence-electron chi connectivity index (χ1n) is 6.37. The number of hydrogen-bond donors (Lipinski definition) is 1. The first-order valence-corrected chi connectivity index (χ1v) is 6.37. The second-order valence-electron chi connectivity index (χ2n) is 4.11. The summed E-state index contributed by atoms with van der Waals surface area (Å²) in [5.41, 5.74) is 0.824. The van der Waals surface area contributed by atoms with Crippen LogP contribution in [-0.4, -0.2) is 30.8 Å². The summed E-state index contributed by atoms with van der Waals surface area (Å²) in [5.74, 6) is -0.0288. The molecule has 0 amide bonds. The second-order valence-corrected chi connectivity index (χ2v) is 4.11. The topological polar surface area (TPSA) is 49.8 Å². The van der Waals surface area contributed by atoms with Gasteiger partial charge in [0.05, 0.1) is 6.61 Å². The van der Waals surface area contributed by atoms with Gasteiger partial charge in [-0.05, 0) is 25.5 Å². The monoisotopic (exact) mass is 251 g/mol. The van der Waals surface area contributed by atoms with Gasteiger partial charge >= 0.3 is 5.97 Å². The van der Waals surface area contributed by atoms with Gasteiger partial charge < -0.3 is 14.7 Å². The summed E-state index contributed by atoms with van der Waals surface area (Å²) in [5, 5.41) is 9.42. The third-order valence-electron chi connectivity index (χ3n) is 2.66. The largest absolute Gasteiger partial charge is 0.508 e. The quantitative estimate of drug-likeness (QED) is 0.597. The molecule has 0 unspecified atom stereocenters. The molecule has 0 aliphatic rings. The molecular formula is C14H21NO3. The van der Waals surface area contributed by atoms with Crippen LogP contribution in [0, 0.1) is 0 Å². The molecule has 0 aromatic heterocycles.